The predicted octanol–water partition coefficient (Wildman–Crippen LogP) is 4.61. The van der Waals surface area contributed by atoms with E-state index in [2.05, 4.69) is 113 Å². The standard InChI is InChI=1S/C40H30N8/c1-5-25(21-41-17-1)37-29-9-11-31(45-29)38(26-6-2-18-42-22-26)33-13-15-35(47-33)40(28-8-4-20-44-24-28)36-16-14-34(48-36)39(27-7-3-19-43-23-27)32-12-10-30(37)46-32/h1-24,29,34,45-48H/b37-30-,38-31-,39-32-,40-36-. The Bertz CT molecular complexity index is 2220. The highest BCUT2D eigenvalue weighted by Gasteiger charge is 2.27. The van der Waals surface area contributed by atoms with Gasteiger partial charge in [0.2, 0.25) is 0 Å². The molecule has 3 aliphatic rings. The molecule has 6 aromatic heterocycles. The first kappa shape index (κ1) is 27.7. The molecule has 0 saturated heterocycles. The molecule has 0 aliphatic carbocycles. The third kappa shape index (κ3) is 4.87. The van der Waals surface area contributed by atoms with Gasteiger partial charge in [-0.2, -0.15) is 0 Å². The van der Waals surface area contributed by atoms with Gasteiger partial charge in [0.25, 0.3) is 0 Å². The number of H-pyrrole nitrogens is 2. The molecule has 0 aromatic carbocycles. The van der Waals surface area contributed by atoms with Gasteiger partial charge in [-0.05, 0) is 60.7 Å². The molecule has 4 N–H and O–H groups in total. The summed E-state index contributed by atoms with van der Waals surface area (Å²) in [7, 11) is 0. The van der Waals surface area contributed by atoms with E-state index in [9.17, 15) is 0 Å². The second kappa shape index (κ2) is 11.7. The van der Waals surface area contributed by atoms with Gasteiger partial charge in [0.15, 0.2) is 0 Å². The Balaban J connectivity index is 1.36. The molecule has 0 amide bonds. The summed E-state index contributed by atoms with van der Waals surface area (Å²) in [4.78, 5) is 25.5. The summed E-state index contributed by atoms with van der Waals surface area (Å²) in [6.45, 7) is 0. The molecular weight excluding hydrogens is 592 g/mol. The normalized spacial score (nSPS) is 23.6. The van der Waals surface area contributed by atoms with Crippen molar-refractivity contribution in [2.45, 2.75) is 12.1 Å². The van der Waals surface area contributed by atoms with Crippen LogP contribution in [0.15, 0.2) is 158 Å². The topological polar surface area (TPSA) is 107 Å². The van der Waals surface area contributed by atoms with Crippen molar-refractivity contribution in [3.8, 4) is 0 Å². The number of hydrogen-bond acceptors (Lipinski definition) is 6. The number of rotatable bonds is 4. The van der Waals surface area contributed by atoms with Crippen LogP contribution >= 0.6 is 0 Å². The van der Waals surface area contributed by atoms with E-state index in [1.807, 2.05) is 61.4 Å². The van der Waals surface area contributed by atoms with Crippen LogP contribution in [0.25, 0.3) is 22.3 Å². The minimum atomic E-state index is -0.117. The number of nitrogens with one attached hydrogen (secondary N) is 4. The SMILES string of the molecule is C1=CC2N/C1=C(/c1cccnc1)c1ccc([nH]1)/C(c1cccnc1)=C1/C=CC(N1)/C(c1cccnc1)=c1/cc/c([nH]1)=C/2c1cccnc1. The number of hydrogen-bond donors (Lipinski definition) is 4. The van der Waals surface area contributed by atoms with E-state index in [4.69, 9.17) is 0 Å². The molecule has 9 rings (SSSR count). The summed E-state index contributed by atoms with van der Waals surface area (Å²) >= 11 is 0. The van der Waals surface area contributed by atoms with Crippen molar-refractivity contribution in [1.29, 1.82) is 0 Å². The highest BCUT2D eigenvalue weighted by molar-refractivity contribution is 5.88. The Labute approximate surface area is 276 Å². The summed E-state index contributed by atoms with van der Waals surface area (Å²) < 4.78 is 0. The molecule has 0 saturated carbocycles. The minimum absolute atomic E-state index is 0.117. The molecule has 0 fully saturated rings. The van der Waals surface area contributed by atoms with Crippen molar-refractivity contribution in [1.82, 2.24) is 40.5 Å². The van der Waals surface area contributed by atoms with E-state index in [1.165, 1.54) is 0 Å². The number of nitrogens with zero attached hydrogens (tertiary/aromatic N) is 4. The maximum absolute atomic E-state index is 4.49. The molecular formula is C40H30N8. The molecule has 8 heteroatoms. The lowest BCUT2D eigenvalue weighted by molar-refractivity contribution is 0.848. The summed E-state index contributed by atoms with van der Waals surface area (Å²) in [5, 5.41) is 9.73. The highest BCUT2D eigenvalue weighted by Crippen LogP contribution is 2.34. The second-order valence-corrected chi connectivity index (χ2v) is 11.9. The van der Waals surface area contributed by atoms with E-state index in [1.54, 1.807) is 12.4 Å². The quantitative estimate of drug-likeness (QED) is 0.229. The van der Waals surface area contributed by atoms with Crippen molar-refractivity contribution in [2.75, 3.05) is 0 Å². The van der Waals surface area contributed by atoms with Gasteiger partial charge in [0.05, 0.1) is 12.1 Å². The molecule has 6 aromatic rings. The highest BCUT2D eigenvalue weighted by atomic mass is 15.0. The number of allylic oxidation sites excluding steroid dienone is 2. The van der Waals surface area contributed by atoms with Gasteiger partial charge in [-0.1, -0.05) is 36.4 Å². The van der Waals surface area contributed by atoms with E-state index in [-0.39, 0.29) is 12.1 Å². The van der Waals surface area contributed by atoms with Gasteiger partial charge >= 0.3 is 0 Å². The van der Waals surface area contributed by atoms with E-state index >= 15 is 0 Å². The molecule has 0 spiro atoms. The van der Waals surface area contributed by atoms with Crippen LogP contribution in [0.4, 0.5) is 0 Å². The molecule has 8 bridgehead atoms. The lowest BCUT2D eigenvalue weighted by Crippen LogP contribution is -2.32. The maximum atomic E-state index is 4.49. The summed E-state index contributed by atoms with van der Waals surface area (Å²) in [5.74, 6) is 0. The maximum Gasteiger partial charge on any atom is 0.0728 e. The van der Waals surface area contributed by atoms with Gasteiger partial charge in [-0.15, -0.1) is 0 Å². The molecule has 8 nitrogen and oxygen atoms in total. The Morgan fingerprint density at radius 1 is 0.438 bits per heavy atom. The van der Waals surface area contributed by atoms with Gasteiger partial charge in [0, 0.05) is 128 Å². The Morgan fingerprint density at radius 3 is 1.25 bits per heavy atom. The number of pyridine rings is 4. The number of fused-ring (bicyclic) bond motifs is 8. The molecule has 230 valence electrons. The molecule has 48 heavy (non-hydrogen) atoms. The van der Waals surface area contributed by atoms with E-state index in [0.717, 1.165) is 78.0 Å². The van der Waals surface area contributed by atoms with Crippen LogP contribution in [0.5, 0.6) is 0 Å². The Kier molecular flexibility index (Phi) is 6.75. The van der Waals surface area contributed by atoms with Crippen molar-refractivity contribution in [3.63, 3.8) is 0 Å². The third-order valence-corrected chi connectivity index (χ3v) is 9.03. The van der Waals surface area contributed by atoms with E-state index < -0.39 is 0 Å². The van der Waals surface area contributed by atoms with Crippen LogP contribution < -0.4 is 21.3 Å². The van der Waals surface area contributed by atoms with Crippen LogP contribution in [-0.2, 0) is 0 Å². The van der Waals surface area contributed by atoms with Crippen LogP contribution in [0, 0.1) is 0 Å². The number of aromatic nitrogens is 6. The average molecular weight is 623 g/mol. The second-order valence-electron chi connectivity index (χ2n) is 11.9. The lowest BCUT2D eigenvalue weighted by atomic mass is 10.00. The third-order valence-electron chi connectivity index (χ3n) is 9.03. The zero-order valence-corrected chi connectivity index (χ0v) is 25.8. The number of aromatic amines is 2. The van der Waals surface area contributed by atoms with Gasteiger partial charge in [0.1, 0.15) is 0 Å². The zero-order chi connectivity index (χ0) is 31.9. The Morgan fingerprint density at radius 2 is 0.854 bits per heavy atom. The smallest absolute Gasteiger partial charge is 0.0728 e. The average Bonchev–Trinajstić information content (AvgIpc) is 3.98. The largest absolute Gasteiger partial charge is 0.374 e. The first-order valence-electron chi connectivity index (χ1n) is 15.9. The van der Waals surface area contributed by atoms with Crippen molar-refractivity contribution >= 4 is 22.3 Å². The van der Waals surface area contributed by atoms with E-state index in [0.29, 0.717) is 0 Å². The van der Waals surface area contributed by atoms with Gasteiger partial charge in [-0.3, -0.25) is 19.9 Å². The molecule has 0 radical (unpaired) electrons. The molecule has 2 atom stereocenters. The van der Waals surface area contributed by atoms with Crippen LogP contribution in [0.3, 0.4) is 0 Å². The summed E-state index contributed by atoms with van der Waals surface area (Å²) in [6, 6.07) is 24.7. The van der Waals surface area contributed by atoms with Crippen LogP contribution in [-0.4, -0.2) is 42.0 Å². The molecule has 2 unspecified atom stereocenters. The monoisotopic (exact) mass is 622 g/mol. The Hall–Kier alpha value is -6.54. The fourth-order valence-corrected chi connectivity index (χ4v) is 6.94. The van der Waals surface area contributed by atoms with Crippen LogP contribution in [0.2, 0.25) is 0 Å². The first-order valence-corrected chi connectivity index (χ1v) is 15.9. The fourth-order valence-electron chi connectivity index (χ4n) is 6.94. The summed E-state index contributed by atoms with van der Waals surface area (Å²) in [5.41, 5.74) is 12.3. The molecule has 3 aliphatic heterocycles. The molecule has 9 heterocycles. The fraction of sp³-hybridized carbons (Fsp3) is 0.0500. The zero-order valence-electron chi connectivity index (χ0n) is 25.8. The van der Waals surface area contributed by atoms with Crippen molar-refractivity contribution < 1.29 is 0 Å². The van der Waals surface area contributed by atoms with Gasteiger partial charge < -0.3 is 20.6 Å². The van der Waals surface area contributed by atoms with Gasteiger partial charge in [-0.25, -0.2) is 0 Å². The van der Waals surface area contributed by atoms with Crippen molar-refractivity contribution in [2.24, 2.45) is 0 Å². The van der Waals surface area contributed by atoms with Crippen LogP contribution in [0.1, 0.15) is 33.6 Å². The summed E-state index contributed by atoms with van der Waals surface area (Å²) in [6.07, 6.45) is 23.7. The predicted molar refractivity (Wildman–Crippen MR) is 187 cm³/mol. The van der Waals surface area contributed by atoms with Crippen molar-refractivity contribution in [3.05, 3.63) is 202 Å². The minimum Gasteiger partial charge on any atom is -0.374 e. The first-order chi connectivity index (χ1) is 23.8. The lowest BCUT2D eigenvalue weighted by Gasteiger charge is -2.19.